The van der Waals surface area contributed by atoms with Crippen molar-refractivity contribution in [1.29, 1.82) is 0 Å². The summed E-state index contributed by atoms with van der Waals surface area (Å²) in [4.78, 5) is 36.7. The lowest BCUT2D eigenvalue weighted by atomic mass is 10.0. The summed E-state index contributed by atoms with van der Waals surface area (Å²) in [6, 6.07) is 3.11. The molecule has 1 unspecified atom stereocenters. The summed E-state index contributed by atoms with van der Waals surface area (Å²) in [6.45, 7) is 3.05. The first-order chi connectivity index (χ1) is 17.2. The number of aromatic nitrogens is 5. The van der Waals surface area contributed by atoms with Gasteiger partial charge in [-0.15, -0.1) is 0 Å². The van der Waals surface area contributed by atoms with Crippen molar-refractivity contribution in [2.75, 3.05) is 28.7 Å². The van der Waals surface area contributed by atoms with Crippen LogP contribution < -0.4 is 19.9 Å². The summed E-state index contributed by atoms with van der Waals surface area (Å²) >= 11 is 0. The van der Waals surface area contributed by atoms with Gasteiger partial charge in [-0.2, -0.15) is 18.2 Å². The van der Waals surface area contributed by atoms with Gasteiger partial charge in [-0.05, 0) is 24.8 Å². The number of amides is 1. The van der Waals surface area contributed by atoms with Gasteiger partial charge in [0, 0.05) is 32.4 Å². The Hall–Kier alpha value is -4.03. The van der Waals surface area contributed by atoms with Crippen LogP contribution in [-0.4, -0.2) is 50.5 Å². The predicted molar refractivity (Wildman–Crippen MR) is 124 cm³/mol. The van der Waals surface area contributed by atoms with Gasteiger partial charge in [-0.25, -0.2) is 19.9 Å². The Morgan fingerprint density at radius 2 is 1.92 bits per heavy atom. The van der Waals surface area contributed by atoms with Gasteiger partial charge in [-0.1, -0.05) is 13.0 Å². The molecule has 0 radical (unpaired) electrons. The molecule has 0 saturated heterocycles. The van der Waals surface area contributed by atoms with Crippen LogP contribution in [0.25, 0.3) is 0 Å². The summed E-state index contributed by atoms with van der Waals surface area (Å²) in [5, 5.41) is 3.22. The molecule has 0 spiro atoms. The Morgan fingerprint density at radius 3 is 2.58 bits per heavy atom. The number of aryl methyl sites for hydroxylation is 1. The minimum absolute atomic E-state index is 0.0415. The maximum atomic E-state index is 12.9. The molecule has 3 aromatic rings. The maximum absolute atomic E-state index is 12.9. The fraction of sp³-hybridized carbons (Fsp3) is 0.391. The molecule has 2 aliphatic rings. The van der Waals surface area contributed by atoms with Crippen LogP contribution in [0.4, 0.5) is 30.6 Å². The number of ether oxygens (including phenoxy) is 1. The van der Waals surface area contributed by atoms with Crippen LogP contribution in [0.2, 0.25) is 0 Å². The molecular weight excluding hydrogens is 477 g/mol. The SMILES string of the molecule is CCC1C(=O)N2CCCc3nc(NCc4ccc(Oc5cnc(C(F)(F)F)nc5)nc4)nc(c32)N1C. The van der Waals surface area contributed by atoms with Crippen LogP contribution in [0.15, 0.2) is 30.7 Å². The molecule has 13 heteroatoms. The molecule has 1 atom stereocenters. The molecule has 0 saturated carbocycles. The number of anilines is 3. The average Bonchev–Trinajstić information content (AvgIpc) is 2.87. The monoisotopic (exact) mass is 500 g/mol. The highest BCUT2D eigenvalue weighted by atomic mass is 19.4. The summed E-state index contributed by atoms with van der Waals surface area (Å²) in [7, 11) is 1.88. The summed E-state index contributed by atoms with van der Waals surface area (Å²) in [5.41, 5.74) is 2.47. The number of likely N-dealkylation sites (N-methyl/N-ethyl adjacent to an activating group) is 1. The van der Waals surface area contributed by atoms with Gasteiger partial charge < -0.3 is 19.9 Å². The zero-order valence-electron chi connectivity index (χ0n) is 19.6. The van der Waals surface area contributed by atoms with Gasteiger partial charge in [0.25, 0.3) is 0 Å². The molecule has 5 heterocycles. The van der Waals surface area contributed by atoms with Gasteiger partial charge in [-0.3, -0.25) is 4.79 Å². The van der Waals surface area contributed by atoms with Crippen molar-refractivity contribution in [1.82, 2.24) is 24.9 Å². The molecule has 1 amide bonds. The molecule has 0 bridgehead atoms. The van der Waals surface area contributed by atoms with Crippen molar-refractivity contribution in [2.24, 2.45) is 0 Å². The number of nitrogens with zero attached hydrogens (tertiary/aromatic N) is 7. The Balaban J connectivity index is 1.27. The van der Waals surface area contributed by atoms with E-state index in [9.17, 15) is 18.0 Å². The first-order valence-corrected chi connectivity index (χ1v) is 11.5. The van der Waals surface area contributed by atoms with Gasteiger partial charge in [0.15, 0.2) is 11.6 Å². The normalized spacial score (nSPS) is 17.1. The molecule has 36 heavy (non-hydrogen) atoms. The van der Waals surface area contributed by atoms with Gasteiger partial charge >= 0.3 is 6.18 Å². The first-order valence-electron chi connectivity index (χ1n) is 11.5. The molecule has 0 fully saturated rings. The second-order valence-electron chi connectivity index (χ2n) is 8.49. The van der Waals surface area contributed by atoms with Gasteiger partial charge in [0.2, 0.25) is 23.6 Å². The third-order valence-electron chi connectivity index (χ3n) is 6.09. The van der Waals surface area contributed by atoms with Gasteiger partial charge in [0.1, 0.15) is 11.7 Å². The number of alkyl halides is 3. The van der Waals surface area contributed by atoms with Crippen LogP contribution >= 0.6 is 0 Å². The highest BCUT2D eigenvalue weighted by Gasteiger charge is 2.40. The maximum Gasteiger partial charge on any atom is 0.451 e. The van der Waals surface area contributed by atoms with E-state index < -0.39 is 12.0 Å². The second-order valence-corrected chi connectivity index (χ2v) is 8.49. The van der Waals surface area contributed by atoms with Crippen molar-refractivity contribution >= 4 is 23.4 Å². The molecule has 1 N–H and O–H groups in total. The molecule has 10 nitrogen and oxygen atoms in total. The van der Waals surface area contributed by atoms with Crippen LogP contribution in [-0.2, 0) is 23.9 Å². The minimum Gasteiger partial charge on any atom is -0.436 e. The largest absolute Gasteiger partial charge is 0.451 e. The zero-order chi connectivity index (χ0) is 25.4. The number of rotatable bonds is 6. The summed E-state index contributed by atoms with van der Waals surface area (Å²) in [6.07, 6.45) is 1.17. The lowest BCUT2D eigenvalue weighted by molar-refractivity contribution is -0.145. The number of pyridine rings is 1. The smallest absolute Gasteiger partial charge is 0.436 e. The molecule has 188 valence electrons. The third kappa shape index (κ3) is 4.48. The molecule has 5 rings (SSSR count). The molecule has 0 aliphatic carbocycles. The number of hydrogen-bond acceptors (Lipinski definition) is 9. The standard InChI is InChI=1S/C23H23F3N8O2/c1-3-16-20(35)34-8-4-5-15-18(34)19(33(16)2)32-22(31-15)30-10-13-6-7-17(27-9-13)36-14-11-28-21(29-12-14)23(24,25)26/h6-7,9,11-12,16H,3-5,8,10H2,1-2H3,(H,30,31,32). The van der Waals surface area contributed by atoms with E-state index in [1.54, 1.807) is 18.3 Å². The van der Waals surface area contributed by atoms with E-state index in [1.807, 2.05) is 23.8 Å². The Kier molecular flexibility index (Phi) is 6.06. The number of carbonyl (C=O) groups is 1. The highest BCUT2D eigenvalue weighted by molar-refractivity contribution is 6.05. The lowest BCUT2D eigenvalue weighted by Gasteiger charge is -2.42. The van der Waals surface area contributed by atoms with E-state index in [2.05, 4.69) is 25.3 Å². The van der Waals surface area contributed by atoms with E-state index in [4.69, 9.17) is 9.72 Å². The zero-order valence-corrected chi connectivity index (χ0v) is 19.6. The van der Waals surface area contributed by atoms with Gasteiger partial charge in [0.05, 0.1) is 18.1 Å². The van der Waals surface area contributed by atoms with Crippen LogP contribution in [0, 0.1) is 0 Å². The highest BCUT2D eigenvalue weighted by Crippen LogP contribution is 2.40. The molecule has 0 aromatic carbocycles. The fourth-order valence-corrected chi connectivity index (χ4v) is 4.34. The number of nitrogens with one attached hydrogen (secondary N) is 1. The van der Waals surface area contributed by atoms with Crippen molar-refractivity contribution in [3.63, 3.8) is 0 Å². The molecule has 2 aliphatic heterocycles. The topological polar surface area (TPSA) is 109 Å². The van der Waals surface area contributed by atoms with Crippen LogP contribution in [0.5, 0.6) is 11.6 Å². The van der Waals surface area contributed by atoms with Crippen LogP contribution in [0.3, 0.4) is 0 Å². The minimum atomic E-state index is -4.62. The number of hydrogen-bond donors (Lipinski definition) is 1. The van der Waals surface area contributed by atoms with Crippen molar-refractivity contribution < 1.29 is 22.7 Å². The second kappa shape index (κ2) is 9.21. The fourth-order valence-electron chi connectivity index (χ4n) is 4.34. The Bertz CT molecular complexity index is 1270. The predicted octanol–water partition coefficient (Wildman–Crippen LogP) is 3.59. The average molecular weight is 500 g/mol. The van der Waals surface area contributed by atoms with Crippen LogP contribution in [0.1, 0.15) is 36.8 Å². The third-order valence-corrected chi connectivity index (χ3v) is 6.09. The number of carbonyl (C=O) groups excluding carboxylic acids is 1. The Labute approximate surface area is 204 Å². The van der Waals surface area contributed by atoms with E-state index in [0.29, 0.717) is 25.5 Å². The lowest BCUT2D eigenvalue weighted by Crippen LogP contribution is -2.54. The van der Waals surface area contributed by atoms with E-state index >= 15 is 0 Å². The summed E-state index contributed by atoms with van der Waals surface area (Å²) < 4.78 is 43.2. The number of halogens is 3. The Morgan fingerprint density at radius 1 is 1.14 bits per heavy atom. The first kappa shape index (κ1) is 23.7. The van der Waals surface area contributed by atoms with E-state index in [-0.39, 0.29) is 23.6 Å². The molecule has 3 aromatic heterocycles. The summed E-state index contributed by atoms with van der Waals surface area (Å²) in [5.74, 6) is 0.291. The van der Waals surface area contributed by atoms with E-state index in [0.717, 1.165) is 48.0 Å². The van der Waals surface area contributed by atoms with E-state index in [1.165, 1.54) is 0 Å². The van der Waals surface area contributed by atoms with Crippen molar-refractivity contribution in [3.05, 3.63) is 47.8 Å². The quantitative estimate of drug-likeness (QED) is 0.543. The van der Waals surface area contributed by atoms with Crippen molar-refractivity contribution in [3.8, 4) is 11.6 Å². The van der Waals surface area contributed by atoms with Crippen molar-refractivity contribution in [2.45, 2.75) is 44.9 Å². The molecular formula is C23H23F3N8O2.